The molecule has 1 amide bonds. The fraction of sp³-hybridized carbons (Fsp3) is 0.133. The van der Waals surface area contributed by atoms with Crippen molar-refractivity contribution < 1.29 is 14.3 Å². The number of carbonyl (C=O) groups is 1. The highest BCUT2D eigenvalue weighted by Gasteiger charge is 2.17. The molecule has 126 valence electrons. The van der Waals surface area contributed by atoms with Crippen LogP contribution in [0, 0.1) is 0 Å². The Kier molecular flexibility index (Phi) is 4.09. The molecular formula is C15H12N6O3S. The number of thiophene rings is 1. The highest BCUT2D eigenvalue weighted by molar-refractivity contribution is 7.11. The zero-order valence-corrected chi connectivity index (χ0v) is 13.6. The first-order valence-electron chi connectivity index (χ1n) is 7.31. The SMILES string of the molecule is O=C(Cn1nnnc1-c1ccc2c(c1)OCO2)N/N=C/c1cccs1. The van der Waals surface area contributed by atoms with Crippen molar-refractivity contribution in [3.63, 3.8) is 0 Å². The summed E-state index contributed by atoms with van der Waals surface area (Å²) < 4.78 is 12.0. The molecular weight excluding hydrogens is 344 g/mol. The first-order valence-corrected chi connectivity index (χ1v) is 8.19. The number of hydrazone groups is 1. The van der Waals surface area contributed by atoms with E-state index in [0.717, 1.165) is 10.4 Å². The van der Waals surface area contributed by atoms with Crippen LogP contribution in [-0.2, 0) is 11.3 Å². The lowest BCUT2D eigenvalue weighted by Gasteiger charge is -2.04. The molecule has 0 spiro atoms. The molecule has 9 nitrogen and oxygen atoms in total. The summed E-state index contributed by atoms with van der Waals surface area (Å²) in [6.45, 7) is 0.132. The Morgan fingerprint density at radius 1 is 1.36 bits per heavy atom. The number of hydrogen-bond acceptors (Lipinski definition) is 8. The van der Waals surface area contributed by atoms with Crippen LogP contribution < -0.4 is 14.9 Å². The maximum absolute atomic E-state index is 12.0. The first-order chi connectivity index (χ1) is 12.3. The van der Waals surface area contributed by atoms with Crippen LogP contribution in [0.2, 0.25) is 0 Å². The van der Waals surface area contributed by atoms with Crippen LogP contribution in [0.3, 0.4) is 0 Å². The van der Waals surface area contributed by atoms with E-state index in [1.807, 2.05) is 23.6 Å². The quantitative estimate of drug-likeness (QED) is 0.546. The maximum Gasteiger partial charge on any atom is 0.261 e. The van der Waals surface area contributed by atoms with Crippen molar-refractivity contribution in [3.8, 4) is 22.9 Å². The predicted octanol–water partition coefficient (Wildman–Crippen LogP) is 1.28. The molecule has 1 aliphatic rings. The van der Waals surface area contributed by atoms with Crippen molar-refractivity contribution >= 4 is 23.5 Å². The number of carbonyl (C=O) groups excluding carboxylic acids is 1. The van der Waals surface area contributed by atoms with E-state index in [1.54, 1.807) is 18.3 Å². The summed E-state index contributed by atoms with van der Waals surface area (Å²) in [7, 11) is 0. The van der Waals surface area contributed by atoms with Crippen LogP contribution in [0.25, 0.3) is 11.4 Å². The van der Waals surface area contributed by atoms with Gasteiger partial charge in [0.15, 0.2) is 17.3 Å². The average molecular weight is 356 g/mol. The number of nitrogens with zero attached hydrogens (tertiary/aromatic N) is 5. The van der Waals surface area contributed by atoms with Crippen LogP contribution in [0.4, 0.5) is 0 Å². The number of fused-ring (bicyclic) bond motifs is 1. The fourth-order valence-electron chi connectivity index (χ4n) is 2.26. The summed E-state index contributed by atoms with van der Waals surface area (Å²) in [5, 5.41) is 17.3. The van der Waals surface area contributed by atoms with E-state index in [4.69, 9.17) is 9.47 Å². The van der Waals surface area contributed by atoms with Crippen molar-refractivity contribution in [1.29, 1.82) is 0 Å². The van der Waals surface area contributed by atoms with Gasteiger partial charge in [-0.15, -0.1) is 16.4 Å². The summed E-state index contributed by atoms with van der Waals surface area (Å²) in [5.74, 6) is 1.42. The Morgan fingerprint density at radius 2 is 2.28 bits per heavy atom. The van der Waals surface area contributed by atoms with Crippen molar-refractivity contribution in [1.82, 2.24) is 25.6 Å². The summed E-state index contributed by atoms with van der Waals surface area (Å²) in [5.41, 5.74) is 3.18. The number of hydrogen-bond donors (Lipinski definition) is 1. The van der Waals surface area contributed by atoms with Crippen molar-refractivity contribution in [2.75, 3.05) is 6.79 Å². The molecule has 0 fully saturated rings. The number of nitrogens with one attached hydrogen (secondary N) is 1. The zero-order valence-electron chi connectivity index (χ0n) is 12.8. The monoisotopic (exact) mass is 356 g/mol. The van der Waals surface area contributed by atoms with Gasteiger partial charge in [0.05, 0.1) is 6.21 Å². The van der Waals surface area contributed by atoms with E-state index >= 15 is 0 Å². The fourth-order valence-corrected chi connectivity index (χ4v) is 2.84. The Balaban J connectivity index is 1.45. The molecule has 2 aromatic heterocycles. The molecule has 1 aromatic carbocycles. The lowest BCUT2D eigenvalue weighted by atomic mass is 10.2. The molecule has 25 heavy (non-hydrogen) atoms. The lowest BCUT2D eigenvalue weighted by Crippen LogP contribution is -2.24. The van der Waals surface area contributed by atoms with Gasteiger partial charge in [-0.3, -0.25) is 4.79 Å². The van der Waals surface area contributed by atoms with Gasteiger partial charge in [0.25, 0.3) is 5.91 Å². The van der Waals surface area contributed by atoms with Crippen LogP contribution in [0.1, 0.15) is 4.88 Å². The van der Waals surface area contributed by atoms with Crippen molar-refractivity contribution in [3.05, 3.63) is 40.6 Å². The number of ether oxygens (including phenoxy) is 2. The van der Waals surface area contributed by atoms with E-state index in [9.17, 15) is 4.79 Å². The minimum atomic E-state index is -0.331. The van der Waals surface area contributed by atoms with E-state index in [0.29, 0.717) is 17.3 Å². The predicted molar refractivity (Wildman–Crippen MR) is 89.4 cm³/mol. The minimum absolute atomic E-state index is 0.0570. The third-order valence-electron chi connectivity index (χ3n) is 3.38. The van der Waals surface area contributed by atoms with Gasteiger partial charge >= 0.3 is 0 Å². The summed E-state index contributed by atoms with van der Waals surface area (Å²) in [6, 6.07) is 9.17. The molecule has 3 heterocycles. The lowest BCUT2D eigenvalue weighted by molar-refractivity contribution is -0.121. The molecule has 0 radical (unpaired) electrons. The van der Waals surface area contributed by atoms with Gasteiger partial charge in [-0.2, -0.15) is 5.10 Å². The van der Waals surface area contributed by atoms with Crippen LogP contribution in [-0.4, -0.2) is 39.1 Å². The van der Waals surface area contributed by atoms with Gasteiger partial charge in [0.1, 0.15) is 6.54 Å². The Labute approximate surface area is 145 Å². The minimum Gasteiger partial charge on any atom is -0.454 e. The molecule has 1 N–H and O–H groups in total. The number of rotatable bonds is 5. The number of aromatic nitrogens is 4. The van der Waals surface area contributed by atoms with Crippen molar-refractivity contribution in [2.24, 2.45) is 5.10 Å². The summed E-state index contributed by atoms with van der Waals surface area (Å²) in [4.78, 5) is 13.0. The smallest absolute Gasteiger partial charge is 0.261 e. The summed E-state index contributed by atoms with van der Waals surface area (Å²) >= 11 is 1.53. The molecule has 0 saturated carbocycles. The van der Waals surface area contributed by atoms with Gasteiger partial charge < -0.3 is 9.47 Å². The van der Waals surface area contributed by atoms with Crippen LogP contribution >= 0.6 is 11.3 Å². The Hall–Kier alpha value is -3.27. The van der Waals surface area contributed by atoms with E-state index < -0.39 is 0 Å². The Morgan fingerprint density at radius 3 is 3.16 bits per heavy atom. The van der Waals surface area contributed by atoms with E-state index in [-0.39, 0.29) is 19.2 Å². The van der Waals surface area contributed by atoms with Crippen LogP contribution in [0.5, 0.6) is 11.5 Å². The number of benzene rings is 1. The topological polar surface area (TPSA) is 104 Å². The maximum atomic E-state index is 12.0. The number of amides is 1. The van der Waals surface area contributed by atoms with E-state index in [2.05, 4.69) is 26.1 Å². The van der Waals surface area contributed by atoms with Crippen LogP contribution in [0.15, 0.2) is 40.8 Å². The van der Waals surface area contributed by atoms with Crippen molar-refractivity contribution in [2.45, 2.75) is 6.54 Å². The molecule has 1 aliphatic heterocycles. The molecule has 0 unspecified atom stereocenters. The third kappa shape index (κ3) is 3.33. The standard InChI is InChI=1S/C15H12N6O3S/c22-14(17-16-7-11-2-1-5-25-11)8-21-15(18-19-20-21)10-3-4-12-13(6-10)24-9-23-12/h1-7H,8-9H2,(H,17,22)/b16-7+. The van der Waals surface area contributed by atoms with E-state index in [1.165, 1.54) is 16.0 Å². The van der Waals surface area contributed by atoms with Gasteiger partial charge in [0.2, 0.25) is 6.79 Å². The molecule has 0 bridgehead atoms. The number of tetrazole rings is 1. The molecule has 4 rings (SSSR count). The van der Waals surface area contributed by atoms with Gasteiger partial charge in [-0.25, -0.2) is 10.1 Å². The van der Waals surface area contributed by atoms with Gasteiger partial charge in [-0.05, 0) is 40.1 Å². The largest absolute Gasteiger partial charge is 0.454 e. The zero-order chi connectivity index (χ0) is 17.1. The normalized spacial score (nSPS) is 12.6. The molecule has 3 aromatic rings. The molecule has 0 atom stereocenters. The molecule has 0 saturated heterocycles. The first kappa shape index (κ1) is 15.3. The second-order valence-corrected chi connectivity index (χ2v) is 6.02. The molecule has 10 heteroatoms. The van der Waals surface area contributed by atoms with Gasteiger partial charge in [0, 0.05) is 10.4 Å². The van der Waals surface area contributed by atoms with Gasteiger partial charge in [-0.1, -0.05) is 6.07 Å². The third-order valence-corrected chi connectivity index (χ3v) is 4.19. The summed E-state index contributed by atoms with van der Waals surface area (Å²) in [6.07, 6.45) is 1.58. The highest BCUT2D eigenvalue weighted by Crippen LogP contribution is 2.35. The highest BCUT2D eigenvalue weighted by atomic mass is 32.1. The second-order valence-electron chi connectivity index (χ2n) is 5.04. The molecule has 0 aliphatic carbocycles. The Bertz CT molecular complexity index is 921. The average Bonchev–Trinajstić information content (AvgIpc) is 3.35. The second kappa shape index (κ2) is 6.69.